The first kappa shape index (κ1) is 11.9. The van der Waals surface area contributed by atoms with Crippen molar-refractivity contribution in [2.75, 3.05) is 5.84 Å². The Bertz CT molecular complexity index is 809. The first-order chi connectivity index (χ1) is 9.16. The number of halogens is 1. The molecule has 2 N–H and O–H groups in total. The van der Waals surface area contributed by atoms with Gasteiger partial charge in [-0.25, -0.2) is 9.66 Å². The standard InChI is InChI=1S/C14H10BrN3O/c15-10-7-5-9(6-8-10)13-17-12-4-2-1-3-11(12)14(19)18(13)16/h1-8H,16H2. The highest BCUT2D eigenvalue weighted by atomic mass is 79.9. The number of nitrogen functional groups attached to an aromatic ring is 1. The number of fused-ring (bicyclic) bond motifs is 1. The smallest absolute Gasteiger partial charge is 0.280 e. The van der Waals surface area contributed by atoms with E-state index in [1.54, 1.807) is 18.2 Å². The van der Waals surface area contributed by atoms with Gasteiger partial charge in [0.05, 0.1) is 10.9 Å². The molecule has 0 spiro atoms. The quantitative estimate of drug-likeness (QED) is 0.702. The third-order valence-electron chi connectivity index (χ3n) is 2.91. The number of para-hydroxylation sites is 1. The normalized spacial score (nSPS) is 10.8. The van der Waals surface area contributed by atoms with E-state index in [9.17, 15) is 4.79 Å². The first-order valence-electron chi connectivity index (χ1n) is 5.69. The summed E-state index contributed by atoms with van der Waals surface area (Å²) in [5.74, 6) is 6.30. The van der Waals surface area contributed by atoms with E-state index >= 15 is 0 Å². The van der Waals surface area contributed by atoms with Gasteiger partial charge in [0.1, 0.15) is 0 Å². The third kappa shape index (κ3) is 2.02. The molecule has 0 aliphatic carbocycles. The van der Waals surface area contributed by atoms with E-state index in [0.29, 0.717) is 16.7 Å². The molecule has 0 saturated heterocycles. The van der Waals surface area contributed by atoms with Crippen LogP contribution in [0.5, 0.6) is 0 Å². The minimum absolute atomic E-state index is 0.247. The Morgan fingerprint density at radius 3 is 2.47 bits per heavy atom. The maximum Gasteiger partial charge on any atom is 0.280 e. The second-order valence-corrected chi connectivity index (χ2v) is 5.05. The largest absolute Gasteiger partial charge is 0.334 e. The number of nitrogens with two attached hydrogens (primary N) is 1. The summed E-state index contributed by atoms with van der Waals surface area (Å²) in [7, 11) is 0. The average molecular weight is 316 g/mol. The van der Waals surface area contributed by atoms with E-state index in [0.717, 1.165) is 14.7 Å². The summed E-state index contributed by atoms with van der Waals surface area (Å²) in [5, 5.41) is 0.519. The fourth-order valence-corrected chi connectivity index (χ4v) is 2.21. The SMILES string of the molecule is Nn1c(-c2ccc(Br)cc2)nc2ccccc2c1=O. The number of hydrogen-bond donors (Lipinski definition) is 1. The Morgan fingerprint density at radius 2 is 1.74 bits per heavy atom. The van der Waals surface area contributed by atoms with Crippen LogP contribution in [-0.2, 0) is 0 Å². The van der Waals surface area contributed by atoms with Crippen LogP contribution < -0.4 is 11.4 Å². The highest BCUT2D eigenvalue weighted by Gasteiger charge is 2.10. The summed E-state index contributed by atoms with van der Waals surface area (Å²) in [6, 6.07) is 14.7. The van der Waals surface area contributed by atoms with Crippen LogP contribution in [0.25, 0.3) is 22.3 Å². The van der Waals surface area contributed by atoms with Crippen molar-refractivity contribution in [3.63, 3.8) is 0 Å². The van der Waals surface area contributed by atoms with Crippen LogP contribution >= 0.6 is 15.9 Å². The summed E-state index contributed by atoms with van der Waals surface area (Å²) in [6.45, 7) is 0. The zero-order valence-corrected chi connectivity index (χ0v) is 11.5. The Labute approximate surface area is 117 Å². The van der Waals surface area contributed by atoms with Gasteiger partial charge in [-0.2, -0.15) is 0 Å². The predicted molar refractivity (Wildman–Crippen MR) is 79.3 cm³/mol. The van der Waals surface area contributed by atoms with Gasteiger partial charge in [-0.15, -0.1) is 0 Å². The molecule has 1 aromatic heterocycles. The molecule has 2 aromatic carbocycles. The summed E-state index contributed by atoms with van der Waals surface area (Å²) in [4.78, 5) is 16.6. The van der Waals surface area contributed by atoms with E-state index in [-0.39, 0.29) is 5.56 Å². The maximum absolute atomic E-state index is 12.2. The van der Waals surface area contributed by atoms with Crippen molar-refractivity contribution in [1.29, 1.82) is 0 Å². The number of rotatable bonds is 1. The molecule has 0 unspecified atom stereocenters. The summed E-state index contributed by atoms with van der Waals surface area (Å²) in [5.41, 5.74) is 1.20. The van der Waals surface area contributed by atoms with Gasteiger partial charge >= 0.3 is 0 Å². The monoisotopic (exact) mass is 315 g/mol. The molecule has 3 rings (SSSR count). The second-order valence-electron chi connectivity index (χ2n) is 4.13. The molecule has 19 heavy (non-hydrogen) atoms. The van der Waals surface area contributed by atoms with E-state index in [2.05, 4.69) is 20.9 Å². The van der Waals surface area contributed by atoms with Gasteiger partial charge in [0.2, 0.25) is 0 Å². The van der Waals surface area contributed by atoms with Gasteiger partial charge < -0.3 is 5.84 Å². The Morgan fingerprint density at radius 1 is 1.05 bits per heavy atom. The van der Waals surface area contributed by atoms with Crippen molar-refractivity contribution in [3.05, 3.63) is 63.4 Å². The number of aromatic nitrogens is 2. The van der Waals surface area contributed by atoms with Crippen LogP contribution in [0.3, 0.4) is 0 Å². The zero-order valence-electron chi connectivity index (χ0n) is 9.88. The molecule has 94 valence electrons. The Balaban J connectivity index is 2.33. The van der Waals surface area contributed by atoms with E-state index < -0.39 is 0 Å². The van der Waals surface area contributed by atoms with Gasteiger partial charge in [0.15, 0.2) is 5.82 Å². The minimum atomic E-state index is -0.247. The molecule has 0 radical (unpaired) electrons. The van der Waals surface area contributed by atoms with E-state index in [1.165, 1.54) is 0 Å². The molecule has 0 amide bonds. The number of nitrogens with zero attached hydrogens (tertiary/aromatic N) is 2. The summed E-state index contributed by atoms with van der Waals surface area (Å²) < 4.78 is 2.05. The van der Waals surface area contributed by atoms with Crippen molar-refractivity contribution in [2.45, 2.75) is 0 Å². The number of benzene rings is 2. The fourth-order valence-electron chi connectivity index (χ4n) is 1.95. The van der Waals surface area contributed by atoms with Crippen molar-refractivity contribution in [2.24, 2.45) is 0 Å². The second kappa shape index (κ2) is 4.51. The molecule has 0 atom stereocenters. The van der Waals surface area contributed by atoms with E-state index in [1.807, 2.05) is 30.3 Å². The van der Waals surface area contributed by atoms with Crippen molar-refractivity contribution < 1.29 is 0 Å². The molecule has 0 bridgehead atoms. The van der Waals surface area contributed by atoms with Crippen LogP contribution in [-0.4, -0.2) is 9.66 Å². The van der Waals surface area contributed by atoms with Crippen molar-refractivity contribution >= 4 is 26.8 Å². The molecule has 1 heterocycles. The molecule has 5 heteroatoms. The van der Waals surface area contributed by atoms with Crippen LogP contribution in [0, 0.1) is 0 Å². The predicted octanol–water partition coefficient (Wildman–Crippen LogP) is 2.54. The van der Waals surface area contributed by atoms with Crippen molar-refractivity contribution in [3.8, 4) is 11.4 Å². The molecule has 0 aliphatic heterocycles. The zero-order chi connectivity index (χ0) is 13.4. The highest BCUT2D eigenvalue weighted by Crippen LogP contribution is 2.20. The molecular formula is C14H10BrN3O. The minimum Gasteiger partial charge on any atom is -0.334 e. The first-order valence-corrected chi connectivity index (χ1v) is 6.49. The lowest BCUT2D eigenvalue weighted by Gasteiger charge is -2.08. The molecule has 0 saturated carbocycles. The lowest BCUT2D eigenvalue weighted by Crippen LogP contribution is -2.29. The molecule has 0 fully saturated rings. The Kier molecular flexibility index (Phi) is 2.83. The van der Waals surface area contributed by atoms with Gasteiger partial charge in [-0.05, 0) is 24.3 Å². The molecule has 0 aliphatic rings. The summed E-state index contributed by atoms with van der Waals surface area (Å²) >= 11 is 3.37. The highest BCUT2D eigenvalue weighted by molar-refractivity contribution is 9.10. The van der Waals surface area contributed by atoms with Gasteiger partial charge in [-0.3, -0.25) is 4.79 Å². The lowest BCUT2D eigenvalue weighted by atomic mass is 10.2. The molecule has 3 aromatic rings. The third-order valence-corrected chi connectivity index (χ3v) is 3.44. The topological polar surface area (TPSA) is 60.9 Å². The molecular weight excluding hydrogens is 306 g/mol. The fraction of sp³-hybridized carbons (Fsp3) is 0. The van der Waals surface area contributed by atoms with Crippen LogP contribution in [0.2, 0.25) is 0 Å². The maximum atomic E-state index is 12.2. The Hall–Kier alpha value is -2.14. The number of hydrogen-bond acceptors (Lipinski definition) is 3. The average Bonchev–Trinajstić information content (AvgIpc) is 2.44. The summed E-state index contributed by atoms with van der Waals surface area (Å²) in [6.07, 6.45) is 0. The van der Waals surface area contributed by atoms with Gasteiger partial charge in [0, 0.05) is 10.0 Å². The van der Waals surface area contributed by atoms with Gasteiger partial charge in [0.25, 0.3) is 5.56 Å². The molecule has 4 nitrogen and oxygen atoms in total. The van der Waals surface area contributed by atoms with Crippen LogP contribution in [0.4, 0.5) is 0 Å². The van der Waals surface area contributed by atoms with Crippen molar-refractivity contribution in [1.82, 2.24) is 9.66 Å². The van der Waals surface area contributed by atoms with Crippen LogP contribution in [0.15, 0.2) is 57.8 Å². The lowest BCUT2D eigenvalue weighted by molar-refractivity contribution is 0.927. The van der Waals surface area contributed by atoms with Crippen LogP contribution in [0.1, 0.15) is 0 Å². The van der Waals surface area contributed by atoms with E-state index in [4.69, 9.17) is 5.84 Å². The van der Waals surface area contributed by atoms with Gasteiger partial charge in [-0.1, -0.05) is 40.2 Å².